The summed E-state index contributed by atoms with van der Waals surface area (Å²) in [6.07, 6.45) is 4.41. The Hall–Kier alpha value is -2.92. The van der Waals surface area contributed by atoms with E-state index in [0.717, 1.165) is 49.8 Å². The number of ether oxygens (including phenoxy) is 1. The lowest BCUT2D eigenvalue weighted by atomic mass is 10.0. The molecule has 1 aromatic carbocycles. The molecule has 5 aliphatic rings. The Labute approximate surface area is 193 Å². The summed E-state index contributed by atoms with van der Waals surface area (Å²) in [5, 5.41) is 9.43. The van der Waals surface area contributed by atoms with Gasteiger partial charge < -0.3 is 14.5 Å². The van der Waals surface area contributed by atoms with Crippen LogP contribution in [0.2, 0.25) is 0 Å². The number of piperazine rings is 1. The maximum atomic E-state index is 13.4. The highest BCUT2D eigenvalue weighted by Gasteiger charge is 2.56. The molecule has 6 rings (SSSR count). The maximum Gasteiger partial charge on any atom is 0.298 e. The third-order valence-electron chi connectivity index (χ3n) is 8.43. The number of carbonyl (C=O) groups is 3. The second-order valence-corrected chi connectivity index (χ2v) is 10.3. The molecule has 2 aliphatic carbocycles. The Kier molecular flexibility index (Phi) is 4.73. The summed E-state index contributed by atoms with van der Waals surface area (Å²) >= 11 is 0. The zero-order valence-corrected chi connectivity index (χ0v) is 18.7. The SMILES string of the molecule is C[C@@H](CN1C[C@@H]2C[C@H]1C(=O)N2[C@H]1CCc2cc(OC=O)ccc21)C(=O)N1C2C[C@H]2C[C@H]1C#N. The van der Waals surface area contributed by atoms with E-state index < -0.39 is 0 Å². The van der Waals surface area contributed by atoms with E-state index in [1.165, 1.54) is 0 Å². The lowest BCUT2D eigenvalue weighted by Crippen LogP contribution is -2.53. The molecule has 3 saturated heterocycles. The van der Waals surface area contributed by atoms with Crippen LogP contribution in [-0.4, -0.2) is 70.2 Å². The highest BCUT2D eigenvalue weighted by atomic mass is 16.5. The Morgan fingerprint density at radius 2 is 2.15 bits per heavy atom. The molecular formula is C25H28N4O4. The predicted octanol–water partition coefficient (Wildman–Crippen LogP) is 1.64. The average molecular weight is 449 g/mol. The van der Waals surface area contributed by atoms with Crippen molar-refractivity contribution in [1.82, 2.24) is 14.7 Å². The van der Waals surface area contributed by atoms with E-state index in [1.54, 1.807) is 6.07 Å². The number of piperidine rings is 1. The molecule has 0 spiro atoms. The molecule has 3 heterocycles. The van der Waals surface area contributed by atoms with Gasteiger partial charge in [-0.05, 0) is 61.3 Å². The number of rotatable bonds is 6. The van der Waals surface area contributed by atoms with Crippen molar-refractivity contribution in [2.75, 3.05) is 13.1 Å². The summed E-state index contributed by atoms with van der Waals surface area (Å²) in [5.74, 6) is 1.06. The van der Waals surface area contributed by atoms with Crippen molar-refractivity contribution >= 4 is 18.3 Å². The van der Waals surface area contributed by atoms with Gasteiger partial charge in [-0.3, -0.25) is 19.3 Å². The minimum atomic E-state index is -0.282. The molecule has 1 unspecified atom stereocenters. The molecule has 0 N–H and O–H groups in total. The van der Waals surface area contributed by atoms with Crippen molar-refractivity contribution < 1.29 is 19.1 Å². The summed E-state index contributed by atoms with van der Waals surface area (Å²) < 4.78 is 4.98. The van der Waals surface area contributed by atoms with E-state index in [2.05, 4.69) is 15.9 Å². The molecule has 2 bridgehead atoms. The number of benzene rings is 1. The van der Waals surface area contributed by atoms with Gasteiger partial charge in [0.2, 0.25) is 11.8 Å². The van der Waals surface area contributed by atoms with Gasteiger partial charge in [-0.15, -0.1) is 0 Å². The number of carbonyl (C=O) groups excluding carboxylic acids is 3. The second kappa shape index (κ2) is 7.56. The van der Waals surface area contributed by atoms with Gasteiger partial charge in [-0.2, -0.15) is 5.26 Å². The molecule has 0 aromatic heterocycles. The molecule has 172 valence electrons. The van der Waals surface area contributed by atoms with Crippen LogP contribution in [0.1, 0.15) is 49.8 Å². The number of hydrogen-bond acceptors (Lipinski definition) is 6. The first kappa shape index (κ1) is 20.7. The second-order valence-electron chi connectivity index (χ2n) is 10.3. The van der Waals surface area contributed by atoms with Crippen LogP contribution < -0.4 is 4.74 Å². The molecule has 0 radical (unpaired) electrons. The van der Waals surface area contributed by atoms with Crippen molar-refractivity contribution in [3.05, 3.63) is 29.3 Å². The van der Waals surface area contributed by atoms with E-state index in [-0.39, 0.29) is 47.9 Å². The number of nitriles is 1. The quantitative estimate of drug-likeness (QED) is 0.615. The molecule has 2 amide bonds. The van der Waals surface area contributed by atoms with E-state index in [0.29, 0.717) is 24.7 Å². The van der Waals surface area contributed by atoms with Crippen LogP contribution in [-0.2, 0) is 20.8 Å². The van der Waals surface area contributed by atoms with Crippen LogP contribution in [0.4, 0.5) is 0 Å². The predicted molar refractivity (Wildman–Crippen MR) is 117 cm³/mol. The summed E-state index contributed by atoms with van der Waals surface area (Å²) in [4.78, 5) is 43.2. The highest BCUT2D eigenvalue weighted by molar-refractivity contribution is 5.87. The molecule has 8 nitrogen and oxygen atoms in total. The third-order valence-corrected chi connectivity index (χ3v) is 8.43. The summed E-state index contributed by atoms with van der Waals surface area (Å²) in [7, 11) is 0. The maximum absolute atomic E-state index is 13.4. The lowest BCUT2D eigenvalue weighted by Gasteiger charge is -2.39. The fourth-order valence-corrected chi connectivity index (χ4v) is 6.86. The zero-order chi connectivity index (χ0) is 22.9. The van der Waals surface area contributed by atoms with Gasteiger partial charge in [-0.25, -0.2) is 0 Å². The van der Waals surface area contributed by atoms with Crippen LogP contribution in [0.25, 0.3) is 0 Å². The smallest absolute Gasteiger partial charge is 0.298 e. The van der Waals surface area contributed by atoms with E-state index >= 15 is 0 Å². The minimum absolute atomic E-state index is 0.0664. The molecular weight excluding hydrogens is 420 g/mol. The normalized spacial score (nSPS) is 34.7. The summed E-state index contributed by atoms with van der Waals surface area (Å²) in [6, 6.07) is 8.03. The number of nitrogens with zero attached hydrogens (tertiary/aromatic N) is 4. The topological polar surface area (TPSA) is 93.9 Å². The molecule has 1 aromatic rings. The number of amides is 2. The van der Waals surface area contributed by atoms with Crippen LogP contribution in [0.15, 0.2) is 18.2 Å². The first-order valence-electron chi connectivity index (χ1n) is 12.0. The molecule has 7 atom stereocenters. The van der Waals surface area contributed by atoms with Crippen molar-refractivity contribution in [1.29, 1.82) is 5.26 Å². The van der Waals surface area contributed by atoms with Crippen LogP contribution in [0, 0.1) is 23.2 Å². The fraction of sp³-hybridized carbons (Fsp3) is 0.600. The molecule has 3 aliphatic heterocycles. The van der Waals surface area contributed by atoms with Gasteiger partial charge in [0, 0.05) is 31.1 Å². The summed E-state index contributed by atoms with van der Waals surface area (Å²) in [6.45, 7) is 3.73. The van der Waals surface area contributed by atoms with Gasteiger partial charge in [0.25, 0.3) is 6.47 Å². The number of fused-ring (bicyclic) bond motifs is 4. The Morgan fingerprint density at radius 1 is 1.30 bits per heavy atom. The lowest BCUT2D eigenvalue weighted by molar-refractivity contribution is -0.142. The van der Waals surface area contributed by atoms with Crippen LogP contribution in [0.3, 0.4) is 0 Å². The average Bonchev–Trinajstić information content (AvgIpc) is 3.15. The van der Waals surface area contributed by atoms with E-state index in [9.17, 15) is 19.6 Å². The largest absolute Gasteiger partial charge is 0.429 e. The van der Waals surface area contributed by atoms with Crippen molar-refractivity contribution in [3.63, 3.8) is 0 Å². The molecule has 8 heteroatoms. The van der Waals surface area contributed by atoms with Gasteiger partial charge in [0.05, 0.1) is 18.2 Å². The Balaban J connectivity index is 1.12. The number of hydrogen-bond donors (Lipinski definition) is 0. The monoisotopic (exact) mass is 448 g/mol. The standard InChI is InChI=1S/C25H28N4O4/c1-14(24(31)28-17(10-26)6-16-8-22(16)28)11-27-12-18-9-23(27)25(32)29(18)21-5-2-15-7-19(33-13-30)3-4-20(15)21/h3-4,7,13-14,16-18,21-23H,2,5-6,8-9,11-12H2,1H3/t14-,16+,17-,18-,21-,22?,23-/m0/s1. The molecule has 4 fully saturated rings. The molecule has 1 saturated carbocycles. The van der Waals surface area contributed by atoms with Crippen LogP contribution in [0.5, 0.6) is 5.75 Å². The van der Waals surface area contributed by atoms with Crippen LogP contribution >= 0.6 is 0 Å². The third kappa shape index (κ3) is 3.17. The van der Waals surface area contributed by atoms with Gasteiger partial charge in [0.15, 0.2) is 0 Å². The van der Waals surface area contributed by atoms with Crippen molar-refractivity contribution in [3.8, 4) is 11.8 Å². The summed E-state index contributed by atoms with van der Waals surface area (Å²) in [5.41, 5.74) is 2.29. The molecule has 33 heavy (non-hydrogen) atoms. The zero-order valence-electron chi connectivity index (χ0n) is 18.7. The van der Waals surface area contributed by atoms with Gasteiger partial charge in [0.1, 0.15) is 11.8 Å². The minimum Gasteiger partial charge on any atom is -0.429 e. The highest BCUT2D eigenvalue weighted by Crippen LogP contribution is 2.48. The van der Waals surface area contributed by atoms with Crippen molar-refractivity contribution in [2.24, 2.45) is 11.8 Å². The van der Waals surface area contributed by atoms with E-state index in [1.807, 2.05) is 24.0 Å². The first-order valence-corrected chi connectivity index (χ1v) is 12.0. The van der Waals surface area contributed by atoms with Gasteiger partial charge in [-0.1, -0.05) is 13.0 Å². The van der Waals surface area contributed by atoms with Gasteiger partial charge >= 0.3 is 0 Å². The van der Waals surface area contributed by atoms with Crippen molar-refractivity contribution in [2.45, 2.75) is 69.2 Å². The fourth-order valence-electron chi connectivity index (χ4n) is 6.86. The Bertz CT molecular complexity index is 1070. The first-order chi connectivity index (χ1) is 16.0. The Morgan fingerprint density at radius 3 is 2.91 bits per heavy atom. The number of aryl methyl sites for hydroxylation is 1. The number of likely N-dealkylation sites (tertiary alicyclic amines) is 3. The van der Waals surface area contributed by atoms with E-state index in [4.69, 9.17) is 4.74 Å².